The summed E-state index contributed by atoms with van der Waals surface area (Å²) in [5, 5.41) is 6.52. The molecule has 1 rings (SSSR count). The summed E-state index contributed by atoms with van der Waals surface area (Å²) in [6.07, 6.45) is 1.03. The lowest BCUT2D eigenvalue weighted by Gasteiger charge is -2.06. The number of Topliss-reactive ketones (excluding diaryl/α,β-unsaturated/α-hetero) is 1. The van der Waals surface area contributed by atoms with Crippen molar-refractivity contribution < 1.29 is 24.2 Å². The zero-order valence-electron chi connectivity index (χ0n) is 7.25. The Hall–Kier alpha value is -0.940. The van der Waals surface area contributed by atoms with Gasteiger partial charge in [0.25, 0.3) is 0 Å². The van der Waals surface area contributed by atoms with Gasteiger partial charge in [-0.25, -0.2) is 0 Å². The van der Waals surface area contributed by atoms with Gasteiger partial charge in [-0.05, 0) is 12.8 Å². The molecule has 1 saturated heterocycles. The van der Waals surface area contributed by atoms with Gasteiger partial charge in [-0.3, -0.25) is 4.79 Å². The molecular weight excluding hydrogens is 176 g/mol. The van der Waals surface area contributed by atoms with Crippen LogP contribution in [0.5, 0.6) is 0 Å². The lowest BCUT2D eigenvalue weighted by molar-refractivity contribution is -0.149. The molecule has 1 aliphatic rings. The summed E-state index contributed by atoms with van der Waals surface area (Å²) in [4.78, 5) is 20.9. The van der Waals surface area contributed by atoms with Gasteiger partial charge in [-0.1, -0.05) is 0 Å². The molecule has 74 valence electrons. The molecular formula is C8H13O5+. The molecule has 1 fully saturated rings. The summed E-state index contributed by atoms with van der Waals surface area (Å²) in [7, 11) is 0. The summed E-state index contributed by atoms with van der Waals surface area (Å²) in [5.74, 6) is -1.76. The van der Waals surface area contributed by atoms with Crippen molar-refractivity contribution in [2.75, 3.05) is 13.2 Å². The number of ether oxygens (including phenoxy) is 2. The van der Waals surface area contributed by atoms with E-state index in [0.29, 0.717) is 26.1 Å². The van der Waals surface area contributed by atoms with Crippen molar-refractivity contribution in [1.29, 1.82) is 0 Å². The molecule has 0 bridgehead atoms. The van der Waals surface area contributed by atoms with E-state index >= 15 is 0 Å². The SMILES string of the molecule is O=C([OH2+])C(=O)CCCC1OCCO1. The van der Waals surface area contributed by atoms with Crippen molar-refractivity contribution in [2.45, 2.75) is 25.6 Å². The minimum Gasteiger partial charge on any atom is -0.559 e. The van der Waals surface area contributed by atoms with Crippen LogP contribution >= 0.6 is 0 Å². The fourth-order valence-corrected chi connectivity index (χ4v) is 1.12. The molecule has 0 spiro atoms. The number of hydrogen-bond acceptors (Lipinski definition) is 4. The Kier molecular flexibility index (Phi) is 3.85. The van der Waals surface area contributed by atoms with Gasteiger partial charge >= 0.3 is 11.8 Å². The number of carbonyl (C=O) groups is 2. The minimum absolute atomic E-state index is 0.117. The molecule has 13 heavy (non-hydrogen) atoms. The topological polar surface area (TPSA) is 75.5 Å². The normalized spacial score (nSPS) is 17.5. The van der Waals surface area contributed by atoms with Crippen LogP contribution in [-0.2, 0) is 19.1 Å². The van der Waals surface area contributed by atoms with E-state index in [1.807, 2.05) is 0 Å². The van der Waals surface area contributed by atoms with Crippen molar-refractivity contribution in [3.8, 4) is 0 Å². The third kappa shape index (κ3) is 3.52. The third-order valence-corrected chi connectivity index (χ3v) is 1.79. The first-order valence-corrected chi connectivity index (χ1v) is 4.22. The molecule has 1 heterocycles. The number of rotatable bonds is 5. The zero-order chi connectivity index (χ0) is 9.68. The Morgan fingerprint density at radius 3 is 2.46 bits per heavy atom. The van der Waals surface area contributed by atoms with E-state index in [-0.39, 0.29) is 12.7 Å². The molecule has 2 N–H and O–H groups in total. The van der Waals surface area contributed by atoms with Crippen molar-refractivity contribution >= 4 is 11.8 Å². The van der Waals surface area contributed by atoms with Gasteiger partial charge in [0.2, 0.25) is 0 Å². The van der Waals surface area contributed by atoms with Crippen LogP contribution < -0.4 is 0 Å². The van der Waals surface area contributed by atoms with Gasteiger partial charge in [0.1, 0.15) is 0 Å². The second kappa shape index (κ2) is 4.94. The van der Waals surface area contributed by atoms with Crippen LogP contribution in [0, 0.1) is 0 Å². The Labute approximate surface area is 75.6 Å². The Morgan fingerprint density at radius 2 is 1.92 bits per heavy atom. The van der Waals surface area contributed by atoms with E-state index in [1.54, 1.807) is 0 Å². The largest absolute Gasteiger partial charge is 0.585 e. The van der Waals surface area contributed by atoms with Crippen LogP contribution in [0.15, 0.2) is 0 Å². The van der Waals surface area contributed by atoms with Crippen LogP contribution in [0.4, 0.5) is 0 Å². The molecule has 5 nitrogen and oxygen atoms in total. The maximum atomic E-state index is 10.7. The van der Waals surface area contributed by atoms with Gasteiger partial charge in [0.05, 0.1) is 18.0 Å². The van der Waals surface area contributed by atoms with Crippen LogP contribution in [0.3, 0.4) is 0 Å². The summed E-state index contributed by atoms with van der Waals surface area (Å²) in [6.45, 7) is 1.19. The van der Waals surface area contributed by atoms with Crippen molar-refractivity contribution in [3.05, 3.63) is 0 Å². The minimum atomic E-state index is -1.12. The van der Waals surface area contributed by atoms with Gasteiger partial charge < -0.3 is 14.6 Å². The highest BCUT2D eigenvalue weighted by molar-refractivity contribution is 6.32. The van der Waals surface area contributed by atoms with E-state index in [9.17, 15) is 9.59 Å². The summed E-state index contributed by atoms with van der Waals surface area (Å²) < 4.78 is 10.3. The second-order valence-corrected chi connectivity index (χ2v) is 2.82. The average molecular weight is 189 g/mol. The molecule has 1 aliphatic heterocycles. The summed E-state index contributed by atoms with van der Waals surface area (Å²) in [6, 6.07) is 0. The van der Waals surface area contributed by atoms with Gasteiger partial charge in [0.15, 0.2) is 6.29 Å². The van der Waals surface area contributed by atoms with Crippen LogP contribution in [0.25, 0.3) is 0 Å². The van der Waals surface area contributed by atoms with Crippen molar-refractivity contribution in [2.24, 2.45) is 0 Å². The molecule has 0 radical (unpaired) electrons. The maximum Gasteiger partial charge on any atom is 0.585 e. The van der Waals surface area contributed by atoms with E-state index in [1.165, 1.54) is 0 Å². The van der Waals surface area contributed by atoms with Crippen molar-refractivity contribution in [3.63, 3.8) is 0 Å². The first kappa shape index (κ1) is 10.1. The van der Waals surface area contributed by atoms with E-state index < -0.39 is 11.8 Å². The zero-order valence-corrected chi connectivity index (χ0v) is 7.25. The molecule has 0 aliphatic carbocycles. The maximum absolute atomic E-state index is 10.7. The van der Waals surface area contributed by atoms with E-state index in [0.717, 1.165) is 0 Å². The highest BCUT2D eigenvalue weighted by Crippen LogP contribution is 2.11. The molecule has 0 atom stereocenters. The van der Waals surface area contributed by atoms with E-state index in [4.69, 9.17) is 14.6 Å². The highest BCUT2D eigenvalue weighted by atomic mass is 16.7. The number of carbonyl (C=O) groups excluding carboxylic acids is 2. The van der Waals surface area contributed by atoms with Crippen molar-refractivity contribution in [1.82, 2.24) is 0 Å². The Balaban J connectivity index is 2.06. The lowest BCUT2D eigenvalue weighted by atomic mass is 10.2. The van der Waals surface area contributed by atoms with Gasteiger partial charge in [0, 0.05) is 6.42 Å². The van der Waals surface area contributed by atoms with E-state index in [2.05, 4.69) is 0 Å². The Morgan fingerprint density at radius 1 is 1.31 bits per heavy atom. The summed E-state index contributed by atoms with van der Waals surface area (Å²) in [5.41, 5.74) is 0. The quantitative estimate of drug-likeness (QED) is 0.425. The number of ketones is 1. The Bertz CT molecular complexity index is 195. The fourth-order valence-electron chi connectivity index (χ4n) is 1.12. The second-order valence-electron chi connectivity index (χ2n) is 2.82. The predicted octanol–water partition coefficient (Wildman–Crippen LogP) is -0.650. The molecule has 0 saturated carbocycles. The van der Waals surface area contributed by atoms with Gasteiger partial charge in [-0.2, -0.15) is 0 Å². The molecule has 5 heteroatoms. The third-order valence-electron chi connectivity index (χ3n) is 1.79. The van der Waals surface area contributed by atoms with Crippen LogP contribution in [0.2, 0.25) is 0 Å². The smallest absolute Gasteiger partial charge is 0.559 e. The molecule has 0 unspecified atom stereocenters. The highest BCUT2D eigenvalue weighted by Gasteiger charge is 2.21. The molecule has 0 amide bonds. The lowest BCUT2D eigenvalue weighted by Crippen LogP contribution is -2.14. The molecule has 0 aromatic heterocycles. The predicted molar refractivity (Wildman–Crippen MR) is 43.2 cm³/mol. The first-order valence-electron chi connectivity index (χ1n) is 4.22. The monoisotopic (exact) mass is 189 g/mol. The van der Waals surface area contributed by atoms with Crippen LogP contribution in [0.1, 0.15) is 19.3 Å². The van der Waals surface area contributed by atoms with Crippen LogP contribution in [-0.4, -0.2) is 36.4 Å². The fraction of sp³-hybridized carbons (Fsp3) is 0.750. The summed E-state index contributed by atoms with van der Waals surface area (Å²) >= 11 is 0. The molecule has 0 aromatic rings. The van der Waals surface area contributed by atoms with Gasteiger partial charge in [-0.15, -0.1) is 0 Å². The average Bonchev–Trinajstić information content (AvgIpc) is 2.56. The standard InChI is InChI=1S/C8H12O5/c9-6(8(10)11)2-1-3-7-12-4-5-13-7/h7H,1-5H2,(H,10,11)/p+1. The molecule has 0 aromatic carbocycles. The first-order chi connectivity index (χ1) is 6.20. The number of hydrogen-bond donors (Lipinski definition) is 0.